The van der Waals surface area contributed by atoms with E-state index in [-0.39, 0.29) is 54.0 Å². The van der Waals surface area contributed by atoms with Crippen LogP contribution >= 0.6 is 0 Å². The summed E-state index contributed by atoms with van der Waals surface area (Å²) < 4.78 is 36.1. The second-order valence-electron chi connectivity index (χ2n) is 14.7. The van der Waals surface area contributed by atoms with Gasteiger partial charge in [-0.2, -0.15) is 13.0 Å². The third-order valence-electron chi connectivity index (χ3n) is 11.0. The minimum absolute atomic E-state index is 0.0856. The molecule has 0 aliphatic carbocycles. The normalized spacial score (nSPS) is 22.2. The van der Waals surface area contributed by atoms with Gasteiger partial charge in [0.15, 0.2) is 5.71 Å². The van der Waals surface area contributed by atoms with Crippen molar-refractivity contribution in [2.24, 2.45) is 0 Å². The number of hydrogen-bond acceptors (Lipinski definition) is 6. The Labute approximate surface area is 320 Å². The van der Waals surface area contributed by atoms with Gasteiger partial charge in [-0.1, -0.05) is 68.8 Å². The van der Waals surface area contributed by atoms with E-state index in [1.165, 1.54) is 27.9 Å². The highest BCUT2D eigenvalue weighted by molar-refractivity contribution is 7.85. The first-order chi connectivity index (χ1) is 25.8. The van der Waals surface area contributed by atoms with Crippen molar-refractivity contribution in [3.8, 4) is 0 Å². The van der Waals surface area contributed by atoms with Crippen LogP contribution in [0.25, 0.3) is 0 Å². The molecule has 2 atom stereocenters. The number of nitrogens with zero attached hydrogens (tertiary/aromatic N) is 3. The zero-order valence-corrected chi connectivity index (χ0v) is 33.1. The molecule has 288 valence electrons. The number of para-hydroxylation sites is 1. The lowest BCUT2D eigenvalue weighted by molar-refractivity contribution is -0.437. The predicted octanol–water partition coefficient (Wildman–Crippen LogP) is 7.29. The molecule has 2 aromatic carbocycles. The molecule has 3 amide bonds. The number of rotatable bonds is 17. The van der Waals surface area contributed by atoms with E-state index in [4.69, 9.17) is 0 Å². The number of amides is 3. The van der Waals surface area contributed by atoms with Gasteiger partial charge in [0.05, 0.1) is 10.3 Å². The second kappa shape index (κ2) is 17.2. The number of likely N-dealkylation sites (N-methyl/N-ethyl adjacent to an activating group) is 1. The zero-order chi connectivity index (χ0) is 39.1. The van der Waals surface area contributed by atoms with E-state index < -0.39 is 15.5 Å². The maximum absolute atomic E-state index is 12.8. The molecule has 0 spiro atoms. The molecule has 3 heterocycles. The number of allylic oxidation sites excluding steroid dienone is 8. The van der Waals surface area contributed by atoms with Crippen LogP contribution in [-0.2, 0) is 35.3 Å². The van der Waals surface area contributed by atoms with Crippen LogP contribution in [0.5, 0.6) is 0 Å². The zero-order valence-electron chi connectivity index (χ0n) is 32.3. The largest absolute Gasteiger partial charge is 0.354 e. The first-order valence-electron chi connectivity index (χ1n) is 19.3. The van der Waals surface area contributed by atoms with Gasteiger partial charge in [0.2, 0.25) is 23.4 Å². The third kappa shape index (κ3) is 8.37. The fourth-order valence-electron chi connectivity index (χ4n) is 8.39. The Morgan fingerprint density at radius 3 is 2.28 bits per heavy atom. The van der Waals surface area contributed by atoms with Crippen molar-refractivity contribution in [2.75, 3.05) is 31.1 Å². The number of carbonyl (C=O) groups is 3. The quantitative estimate of drug-likeness (QED) is 0.0752. The van der Waals surface area contributed by atoms with Crippen LogP contribution in [0.1, 0.15) is 97.1 Å². The van der Waals surface area contributed by atoms with Crippen LogP contribution in [-0.4, -0.2) is 72.1 Å². The maximum Gasteiger partial charge on any atom is 0.294 e. The summed E-state index contributed by atoms with van der Waals surface area (Å²) in [5, 5.41) is 2.88. The van der Waals surface area contributed by atoms with Gasteiger partial charge in [0.25, 0.3) is 10.1 Å². The number of benzene rings is 2. The Balaban J connectivity index is 1.29. The minimum Gasteiger partial charge on any atom is -0.354 e. The molecule has 1 saturated heterocycles. The molecule has 10 nitrogen and oxygen atoms in total. The van der Waals surface area contributed by atoms with Gasteiger partial charge in [0.1, 0.15) is 6.54 Å². The Morgan fingerprint density at radius 2 is 1.59 bits per heavy atom. The van der Waals surface area contributed by atoms with Crippen molar-refractivity contribution >= 4 is 44.9 Å². The van der Waals surface area contributed by atoms with Gasteiger partial charge in [-0.3, -0.25) is 23.8 Å². The smallest absolute Gasteiger partial charge is 0.294 e. The average Bonchev–Trinajstić information content (AvgIpc) is 3.67. The lowest BCUT2D eigenvalue weighted by Crippen LogP contribution is -2.38. The topological polar surface area (TPSA) is 127 Å². The summed E-state index contributed by atoms with van der Waals surface area (Å²) in [6.07, 6.45) is 19.4. The monoisotopic (exact) mass is 755 g/mol. The summed E-state index contributed by atoms with van der Waals surface area (Å²) in [6.45, 7) is 12.8. The van der Waals surface area contributed by atoms with Gasteiger partial charge in [0, 0.05) is 79.8 Å². The van der Waals surface area contributed by atoms with Gasteiger partial charge in [-0.05, 0) is 69.9 Å². The van der Waals surface area contributed by atoms with E-state index in [0.717, 1.165) is 55.7 Å². The van der Waals surface area contributed by atoms with Gasteiger partial charge in [-0.25, -0.2) is 0 Å². The van der Waals surface area contributed by atoms with Crippen LogP contribution in [0.15, 0.2) is 95.6 Å². The van der Waals surface area contributed by atoms with E-state index in [0.29, 0.717) is 12.8 Å². The van der Waals surface area contributed by atoms with Gasteiger partial charge >= 0.3 is 0 Å². The predicted molar refractivity (Wildman–Crippen MR) is 214 cm³/mol. The summed E-state index contributed by atoms with van der Waals surface area (Å²) in [4.78, 5) is 39.9. The molecule has 3 aliphatic heterocycles. The summed E-state index contributed by atoms with van der Waals surface area (Å²) in [5.41, 5.74) is 5.87. The molecule has 1 fully saturated rings. The SMILES string of the molecule is CCC[N+]1=C(C=CC=CC=CC=C2N(CC)c3ccc(S(=O)(=O)O)cc3C2(C)CCC)C(C)(CCCC(=O)NCCN2C(=O)CCC2=O)c2ccccc21. The van der Waals surface area contributed by atoms with E-state index in [9.17, 15) is 27.4 Å². The van der Waals surface area contributed by atoms with Gasteiger partial charge in [-0.15, -0.1) is 0 Å². The third-order valence-corrected chi connectivity index (χ3v) is 11.9. The van der Waals surface area contributed by atoms with E-state index in [2.05, 4.69) is 91.9 Å². The van der Waals surface area contributed by atoms with E-state index in [1.807, 2.05) is 24.3 Å². The molecule has 2 aromatic rings. The fourth-order valence-corrected chi connectivity index (χ4v) is 8.90. The molecule has 0 aromatic heterocycles. The average molecular weight is 756 g/mol. The summed E-state index contributed by atoms with van der Waals surface area (Å²) in [5.74, 6) is -0.432. The number of fused-ring (bicyclic) bond motifs is 2. The van der Waals surface area contributed by atoms with E-state index >= 15 is 0 Å². The maximum atomic E-state index is 12.8. The molecule has 5 rings (SSSR count). The molecule has 0 bridgehead atoms. The number of anilines is 1. The van der Waals surface area contributed by atoms with Crippen LogP contribution in [0.2, 0.25) is 0 Å². The Bertz CT molecular complexity index is 2010. The van der Waals surface area contributed by atoms with Crippen LogP contribution in [0.3, 0.4) is 0 Å². The van der Waals surface area contributed by atoms with Crippen LogP contribution in [0.4, 0.5) is 11.4 Å². The Kier molecular flexibility index (Phi) is 13.0. The second-order valence-corrected chi connectivity index (χ2v) is 16.1. The highest BCUT2D eigenvalue weighted by Crippen LogP contribution is 2.51. The van der Waals surface area contributed by atoms with Crippen molar-refractivity contribution < 1.29 is 31.9 Å². The van der Waals surface area contributed by atoms with Gasteiger partial charge < -0.3 is 10.2 Å². The fraction of sp³-hybridized carbons (Fsp3) is 0.442. The summed E-state index contributed by atoms with van der Waals surface area (Å²) >= 11 is 0. The molecule has 0 saturated carbocycles. The van der Waals surface area contributed by atoms with Crippen molar-refractivity contribution in [1.29, 1.82) is 0 Å². The number of carbonyl (C=O) groups excluding carboxylic acids is 3. The molecule has 2 N–H and O–H groups in total. The van der Waals surface area contributed by atoms with Crippen molar-refractivity contribution in [1.82, 2.24) is 10.2 Å². The Morgan fingerprint density at radius 1 is 0.889 bits per heavy atom. The summed E-state index contributed by atoms with van der Waals surface area (Å²) in [6, 6.07) is 13.4. The molecule has 11 heteroatoms. The summed E-state index contributed by atoms with van der Waals surface area (Å²) in [7, 11) is -4.32. The molecule has 2 unspecified atom stereocenters. The number of nitrogens with one attached hydrogen (secondary N) is 1. The van der Waals surface area contributed by atoms with E-state index in [1.54, 1.807) is 12.1 Å². The van der Waals surface area contributed by atoms with Crippen LogP contribution < -0.4 is 10.2 Å². The first-order valence-corrected chi connectivity index (χ1v) is 20.7. The lowest BCUT2D eigenvalue weighted by Gasteiger charge is -2.29. The molecule has 54 heavy (non-hydrogen) atoms. The molecular formula is C43H55N4O6S+. The standard InChI is InChI=1S/C43H54N4O6S/c1-6-26-42(4)34-31-32(54(51,52)53)22-23-36(34)45(8-3)37(42)19-12-10-9-11-13-20-38-43(5,33-17-14-15-18-35(33)46(38)29-7-2)27-16-21-39(48)44-28-30-47-40(49)24-25-41(47)50/h9-15,17-20,22-23,31H,6-8,16,21,24-30H2,1-5H3,(H-,44,48,51,52,53)/p+1. The van der Waals surface area contributed by atoms with Crippen molar-refractivity contribution in [2.45, 2.75) is 102 Å². The molecule has 0 radical (unpaired) electrons. The highest BCUT2D eigenvalue weighted by atomic mass is 32.2. The first kappa shape index (κ1) is 40.6. The lowest BCUT2D eigenvalue weighted by atomic mass is 9.75. The number of imide groups is 1. The van der Waals surface area contributed by atoms with Crippen molar-refractivity contribution in [3.05, 3.63) is 102 Å². The van der Waals surface area contributed by atoms with Crippen LogP contribution in [0, 0.1) is 0 Å². The number of likely N-dealkylation sites (tertiary alicyclic amines) is 1. The minimum atomic E-state index is -4.32. The highest BCUT2D eigenvalue weighted by Gasteiger charge is 2.47. The number of hydrogen-bond donors (Lipinski definition) is 2. The van der Waals surface area contributed by atoms with Crippen molar-refractivity contribution in [3.63, 3.8) is 0 Å². The Hall–Kier alpha value is -4.61. The molecule has 3 aliphatic rings. The molecular weight excluding hydrogens is 701 g/mol.